The highest BCUT2D eigenvalue weighted by Gasteiger charge is 2.28. The molecule has 0 radical (unpaired) electrons. The molecule has 0 saturated carbocycles. The fourth-order valence-electron chi connectivity index (χ4n) is 4.08. The number of imide groups is 1. The van der Waals surface area contributed by atoms with Gasteiger partial charge in [-0.25, -0.2) is 4.79 Å². The number of nitrogens with one attached hydrogen (secondary N) is 1. The number of aryl methyl sites for hydroxylation is 1. The summed E-state index contributed by atoms with van der Waals surface area (Å²) < 4.78 is 7.51. The van der Waals surface area contributed by atoms with E-state index in [2.05, 4.69) is 39.3 Å². The van der Waals surface area contributed by atoms with E-state index in [4.69, 9.17) is 4.74 Å². The number of rotatable bonds is 5. The quantitative estimate of drug-likeness (QED) is 0.820. The molecule has 1 aromatic heterocycles. The van der Waals surface area contributed by atoms with Crippen molar-refractivity contribution in [1.82, 2.24) is 20.0 Å². The van der Waals surface area contributed by atoms with E-state index in [9.17, 15) is 9.59 Å². The molecule has 9 heteroatoms. The number of aromatic nitrogens is 2. The monoisotopic (exact) mass is 400 g/mol. The highest BCUT2D eigenvalue weighted by molar-refractivity contribution is 6.09. The van der Waals surface area contributed by atoms with Crippen molar-refractivity contribution in [2.75, 3.05) is 49.1 Å². The summed E-state index contributed by atoms with van der Waals surface area (Å²) in [5.74, 6) is 0.348. The van der Waals surface area contributed by atoms with Crippen LogP contribution >= 0.6 is 0 Å². The van der Waals surface area contributed by atoms with Crippen LogP contribution in [0, 0.1) is 0 Å². The molecule has 0 bridgehead atoms. The van der Waals surface area contributed by atoms with E-state index >= 15 is 0 Å². The fraction of sp³-hybridized carbons (Fsp3) is 0.550. The van der Waals surface area contributed by atoms with Gasteiger partial charge in [-0.3, -0.25) is 24.6 Å². The number of nitrogens with zero attached hydrogens (tertiary/aromatic N) is 5. The van der Waals surface area contributed by atoms with Crippen LogP contribution in [-0.4, -0.2) is 72.2 Å². The zero-order valence-electron chi connectivity index (χ0n) is 17.2. The van der Waals surface area contributed by atoms with E-state index in [1.807, 2.05) is 20.0 Å². The van der Waals surface area contributed by atoms with Crippen LogP contribution in [0.5, 0.6) is 0 Å². The van der Waals surface area contributed by atoms with Crippen LogP contribution in [0.15, 0.2) is 18.2 Å². The molecule has 1 unspecified atom stereocenters. The van der Waals surface area contributed by atoms with Gasteiger partial charge in [0.05, 0.1) is 5.52 Å². The van der Waals surface area contributed by atoms with Crippen molar-refractivity contribution in [3.63, 3.8) is 0 Å². The van der Waals surface area contributed by atoms with Crippen molar-refractivity contribution in [2.45, 2.75) is 26.5 Å². The largest absolute Gasteiger partial charge is 0.369 e. The van der Waals surface area contributed by atoms with Gasteiger partial charge < -0.3 is 9.64 Å². The summed E-state index contributed by atoms with van der Waals surface area (Å²) in [5.41, 5.74) is 2.11. The maximum absolute atomic E-state index is 12.2. The van der Waals surface area contributed by atoms with E-state index in [1.54, 1.807) is 4.68 Å². The highest BCUT2D eigenvalue weighted by Crippen LogP contribution is 2.30. The topological polar surface area (TPSA) is 82.9 Å². The number of carbonyl (C=O) groups is 2. The van der Waals surface area contributed by atoms with Crippen molar-refractivity contribution < 1.29 is 14.3 Å². The third kappa shape index (κ3) is 3.79. The number of anilines is 2. The maximum Gasteiger partial charge on any atom is 0.329 e. The van der Waals surface area contributed by atoms with Gasteiger partial charge in [0, 0.05) is 63.9 Å². The zero-order chi connectivity index (χ0) is 20.5. The summed E-state index contributed by atoms with van der Waals surface area (Å²) in [7, 11) is 1.88. The van der Waals surface area contributed by atoms with Gasteiger partial charge in [0.25, 0.3) is 0 Å². The lowest BCUT2D eigenvalue weighted by atomic mass is 10.1. The van der Waals surface area contributed by atoms with Gasteiger partial charge in [-0.15, -0.1) is 0 Å². The molecular formula is C20H28N6O3. The lowest BCUT2D eigenvalue weighted by Gasteiger charge is -2.38. The molecule has 2 aliphatic heterocycles. The molecule has 156 valence electrons. The molecule has 1 N–H and O–H groups in total. The van der Waals surface area contributed by atoms with Gasteiger partial charge >= 0.3 is 6.03 Å². The van der Waals surface area contributed by atoms with Gasteiger partial charge in [0.2, 0.25) is 5.91 Å². The maximum atomic E-state index is 12.2. The van der Waals surface area contributed by atoms with Crippen LogP contribution < -0.4 is 15.1 Å². The number of amides is 3. The third-order valence-electron chi connectivity index (χ3n) is 5.73. The number of carbonyl (C=O) groups excluding carboxylic acids is 2. The molecule has 2 fully saturated rings. The Morgan fingerprint density at radius 3 is 2.62 bits per heavy atom. The van der Waals surface area contributed by atoms with E-state index in [0.29, 0.717) is 12.4 Å². The fourth-order valence-corrected chi connectivity index (χ4v) is 4.08. The van der Waals surface area contributed by atoms with E-state index in [1.165, 1.54) is 4.90 Å². The second-order valence-corrected chi connectivity index (χ2v) is 7.48. The van der Waals surface area contributed by atoms with Crippen LogP contribution in [0.4, 0.5) is 16.3 Å². The van der Waals surface area contributed by atoms with Crippen LogP contribution in [0.3, 0.4) is 0 Å². The Bertz CT molecular complexity index is 918. The Morgan fingerprint density at radius 2 is 1.93 bits per heavy atom. The Hall–Kier alpha value is -2.65. The van der Waals surface area contributed by atoms with Gasteiger partial charge in [0.15, 0.2) is 5.82 Å². The molecule has 1 atom stereocenters. The number of hydrogen-bond donors (Lipinski definition) is 1. The molecule has 0 aliphatic carbocycles. The predicted molar refractivity (Wildman–Crippen MR) is 111 cm³/mol. The first-order valence-corrected chi connectivity index (χ1v) is 10.2. The summed E-state index contributed by atoms with van der Waals surface area (Å²) in [6.07, 6.45) is 0.429. The molecule has 3 heterocycles. The van der Waals surface area contributed by atoms with Crippen molar-refractivity contribution in [3.8, 4) is 0 Å². The predicted octanol–water partition coefficient (Wildman–Crippen LogP) is 1.52. The molecule has 29 heavy (non-hydrogen) atoms. The van der Waals surface area contributed by atoms with Crippen LogP contribution in [0.2, 0.25) is 0 Å². The number of urea groups is 1. The first-order chi connectivity index (χ1) is 14.0. The number of ether oxygens (including phenoxy) is 1. The van der Waals surface area contributed by atoms with Gasteiger partial charge in [-0.05, 0) is 32.0 Å². The lowest BCUT2D eigenvalue weighted by Crippen LogP contribution is -2.50. The summed E-state index contributed by atoms with van der Waals surface area (Å²) in [6, 6.07) is 5.82. The average Bonchev–Trinajstić information content (AvgIpc) is 3.04. The normalized spacial score (nSPS) is 19.7. The van der Waals surface area contributed by atoms with E-state index in [0.717, 1.165) is 49.4 Å². The van der Waals surface area contributed by atoms with Gasteiger partial charge in [0.1, 0.15) is 6.23 Å². The second kappa shape index (κ2) is 8.00. The standard InChI is InChI=1S/C20H28N6O3/c1-4-29-14(2)24-9-11-25(12-10-24)15-5-6-16-17(13-15)23(3)22-19(16)26-8-7-18(27)21-20(26)28/h5-6,13-14H,4,7-12H2,1-3H3,(H,21,27,28). The summed E-state index contributed by atoms with van der Waals surface area (Å²) >= 11 is 0. The number of fused-ring (bicyclic) bond motifs is 1. The number of benzene rings is 1. The Kier molecular flexibility index (Phi) is 5.42. The first kappa shape index (κ1) is 19.7. The third-order valence-corrected chi connectivity index (χ3v) is 5.73. The minimum absolute atomic E-state index is 0.145. The van der Waals surface area contributed by atoms with Crippen molar-refractivity contribution in [3.05, 3.63) is 18.2 Å². The Balaban J connectivity index is 1.53. The molecule has 4 rings (SSSR count). The van der Waals surface area contributed by atoms with Crippen LogP contribution in [-0.2, 0) is 16.6 Å². The average molecular weight is 400 g/mol. The molecule has 2 aliphatic rings. The summed E-state index contributed by atoms with van der Waals surface area (Å²) in [4.78, 5) is 29.9. The van der Waals surface area contributed by atoms with E-state index < -0.39 is 6.03 Å². The lowest BCUT2D eigenvalue weighted by molar-refractivity contribution is -0.120. The van der Waals surface area contributed by atoms with Crippen molar-refractivity contribution in [2.24, 2.45) is 7.05 Å². The SMILES string of the molecule is CCOC(C)N1CCN(c2ccc3c(N4CCC(=O)NC4=O)nn(C)c3c2)CC1. The van der Waals surface area contributed by atoms with Crippen LogP contribution in [0.1, 0.15) is 20.3 Å². The Labute approximate surface area is 170 Å². The van der Waals surface area contributed by atoms with Gasteiger partial charge in [-0.1, -0.05) is 0 Å². The summed E-state index contributed by atoms with van der Waals surface area (Å²) in [5, 5.41) is 7.83. The molecule has 1 aromatic carbocycles. The first-order valence-electron chi connectivity index (χ1n) is 10.2. The smallest absolute Gasteiger partial charge is 0.329 e. The Morgan fingerprint density at radius 1 is 1.17 bits per heavy atom. The van der Waals surface area contributed by atoms with Crippen molar-refractivity contribution >= 4 is 34.3 Å². The molecule has 3 amide bonds. The number of piperazine rings is 1. The second-order valence-electron chi connectivity index (χ2n) is 7.48. The minimum Gasteiger partial charge on any atom is -0.369 e. The molecule has 0 spiro atoms. The number of hydrogen-bond acceptors (Lipinski definition) is 6. The molecule has 9 nitrogen and oxygen atoms in total. The molecule has 2 saturated heterocycles. The van der Waals surface area contributed by atoms with E-state index in [-0.39, 0.29) is 18.6 Å². The van der Waals surface area contributed by atoms with Crippen molar-refractivity contribution in [1.29, 1.82) is 0 Å². The summed E-state index contributed by atoms with van der Waals surface area (Å²) in [6.45, 7) is 8.98. The minimum atomic E-state index is -0.412. The van der Waals surface area contributed by atoms with Gasteiger partial charge in [-0.2, -0.15) is 5.10 Å². The van der Waals surface area contributed by atoms with Crippen LogP contribution in [0.25, 0.3) is 10.9 Å². The molecular weight excluding hydrogens is 372 g/mol. The highest BCUT2D eigenvalue weighted by atomic mass is 16.5. The zero-order valence-corrected chi connectivity index (χ0v) is 17.2. The molecule has 2 aromatic rings.